The highest BCUT2D eigenvalue weighted by atomic mass is 79.9. The largest absolute Gasteiger partial charge is 0.495 e. The molecule has 2 rings (SSSR count). The molecule has 140 valence electrons. The minimum Gasteiger partial charge on any atom is -0.495 e. The fourth-order valence-electron chi connectivity index (χ4n) is 2.41. The molecule has 0 spiro atoms. The molecule has 0 unspecified atom stereocenters. The number of anilines is 1. The molecular formula is C18H21BrN2O4S. The molecule has 0 heterocycles. The highest BCUT2D eigenvalue weighted by Crippen LogP contribution is 2.24. The molecule has 1 N–H and O–H groups in total. The van der Waals surface area contributed by atoms with E-state index in [9.17, 15) is 13.2 Å². The standard InChI is InChI=1S/C18H21BrN2O4S/c1-3-11-21(26(23,24)15-8-6-7-14(19)12-15)13-18(22)20-16-9-4-5-10-17(16)25-2/h4-10,12H,3,11,13H2,1-2H3,(H,20,22). The first-order chi connectivity index (χ1) is 12.4. The number of carbonyl (C=O) groups excluding carboxylic acids is 1. The number of methoxy groups -OCH3 is 1. The Bertz CT molecular complexity index is 871. The Balaban J connectivity index is 2.20. The maximum atomic E-state index is 12.9. The Hall–Kier alpha value is -1.90. The number of hydrogen-bond donors (Lipinski definition) is 1. The van der Waals surface area contributed by atoms with Crippen LogP contribution in [0.2, 0.25) is 0 Å². The van der Waals surface area contributed by atoms with Crippen molar-refractivity contribution in [3.63, 3.8) is 0 Å². The first kappa shape index (κ1) is 20.4. The van der Waals surface area contributed by atoms with Gasteiger partial charge in [-0.15, -0.1) is 0 Å². The summed E-state index contributed by atoms with van der Waals surface area (Å²) in [6.45, 7) is 1.83. The summed E-state index contributed by atoms with van der Waals surface area (Å²) >= 11 is 3.28. The van der Waals surface area contributed by atoms with Gasteiger partial charge >= 0.3 is 0 Å². The van der Waals surface area contributed by atoms with Crippen molar-refractivity contribution in [2.45, 2.75) is 18.2 Å². The normalized spacial score (nSPS) is 11.4. The van der Waals surface area contributed by atoms with Crippen LogP contribution >= 0.6 is 15.9 Å². The van der Waals surface area contributed by atoms with Gasteiger partial charge in [0.25, 0.3) is 0 Å². The number of ether oxygens (including phenoxy) is 1. The molecule has 6 nitrogen and oxygen atoms in total. The van der Waals surface area contributed by atoms with Crippen molar-refractivity contribution in [2.75, 3.05) is 25.5 Å². The van der Waals surface area contributed by atoms with E-state index < -0.39 is 15.9 Å². The van der Waals surface area contributed by atoms with Crippen molar-refractivity contribution >= 4 is 37.5 Å². The summed E-state index contributed by atoms with van der Waals surface area (Å²) < 4.78 is 32.8. The van der Waals surface area contributed by atoms with Crippen LogP contribution in [0.5, 0.6) is 5.75 Å². The summed E-state index contributed by atoms with van der Waals surface area (Å²) in [5.41, 5.74) is 0.497. The van der Waals surface area contributed by atoms with Crippen LogP contribution in [0.25, 0.3) is 0 Å². The third-order valence-corrected chi connectivity index (χ3v) is 5.94. The Kier molecular flexibility index (Phi) is 7.19. The molecule has 0 atom stereocenters. The number of amides is 1. The Labute approximate surface area is 162 Å². The zero-order chi connectivity index (χ0) is 19.2. The van der Waals surface area contributed by atoms with E-state index in [0.717, 1.165) is 0 Å². The van der Waals surface area contributed by atoms with Gasteiger partial charge in [-0.2, -0.15) is 4.31 Å². The summed E-state index contributed by atoms with van der Waals surface area (Å²) in [6, 6.07) is 13.4. The molecule has 1 amide bonds. The van der Waals surface area contributed by atoms with Crippen LogP contribution in [0.4, 0.5) is 5.69 Å². The molecule has 0 saturated carbocycles. The number of nitrogens with one attached hydrogen (secondary N) is 1. The minimum absolute atomic E-state index is 0.144. The third-order valence-electron chi connectivity index (χ3n) is 3.61. The number of halogens is 1. The smallest absolute Gasteiger partial charge is 0.243 e. The van der Waals surface area contributed by atoms with Gasteiger partial charge in [0.15, 0.2) is 0 Å². The third kappa shape index (κ3) is 5.06. The number of benzene rings is 2. The van der Waals surface area contributed by atoms with E-state index in [4.69, 9.17) is 4.74 Å². The van der Waals surface area contributed by atoms with E-state index in [1.807, 2.05) is 6.92 Å². The molecule has 2 aromatic carbocycles. The highest BCUT2D eigenvalue weighted by Gasteiger charge is 2.26. The predicted molar refractivity (Wildman–Crippen MR) is 105 cm³/mol. The molecule has 0 aliphatic rings. The average molecular weight is 441 g/mol. The van der Waals surface area contributed by atoms with E-state index in [2.05, 4.69) is 21.2 Å². The topological polar surface area (TPSA) is 75.7 Å². The van der Waals surface area contributed by atoms with E-state index in [-0.39, 0.29) is 18.0 Å². The summed E-state index contributed by atoms with van der Waals surface area (Å²) in [4.78, 5) is 12.6. The van der Waals surface area contributed by atoms with Gasteiger partial charge in [-0.3, -0.25) is 4.79 Å². The molecule has 0 aliphatic heterocycles. The fraction of sp³-hybridized carbons (Fsp3) is 0.278. The SMILES string of the molecule is CCCN(CC(=O)Nc1ccccc1OC)S(=O)(=O)c1cccc(Br)c1. The van der Waals surface area contributed by atoms with Crippen molar-refractivity contribution < 1.29 is 17.9 Å². The number of rotatable bonds is 8. The number of sulfonamides is 1. The van der Waals surface area contributed by atoms with Crippen LogP contribution in [-0.2, 0) is 14.8 Å². The number of hydrogen-bond acceptors (Lipinski definition) is 4. The fourth-order valence-corrected chi connectivity index (χ4v) is 4.49. The van der Waals surface area contributed by atoms with Gasteiger partial charge in [-0.25, -0.2) is 8.42 Å². The second-order valence-corrected chi connectivity index (χ2v) is 8.40. The van der Waals surface area contributed by atoms with Crippen LogP contribution in [0, 0.1) is 0 Å². The Morgan fingerprint density at radius 3 is 2.58 bits per heavy atom. The molecule has 0 radical (unpaired) electrons. The van der Waals surface area contributed by atoms with Crippen LogP contribution in [0.1, 0.15) is 13.3 Å². The zero-order valence-corrected chi connectivity index (χ0v) is 17.0. The summed E-state index contributed by atoms with van der Waals surface area (Å²) in [5.74, 6) is 0.0826. The summed E-state index contributed by atoms with van der Waals surface area (Å²) in [6.07, 6.45) is 0.592. The minimum atomic E-state index is -3.78. The lowest BCUT2D eigenvalue weighted by molar-refractivity contribution is -0.116. The van der Waals surface area contributed by atoms with Crippen molar-refractivity contribution in [1.29, 1.82) is 0 Å². The van der Waals surface area contributed by atoms with Crippen molar-refractivity contribution in [1.82, 2.24) is 4.31 Å². The Morgan fingerprint density at radius 2 is 1.92 bits per heavy atom. The van der Waals surface area contributed by atoms with Crippen molar-refractivity contribution in [3.05, 3.63) is 53.0 Å². The van der Waals surface area contributed by atoms with E-state index in [0.29, 0.717) is 22.3 Å². The van der Waals surface area contributed by atoms with Gasteiger partial charge in [0.05, 0.1) is 24.2 Å². The quantitative estimate of drug-likeness (QED) is 0.681. The van der Waals surface area contributed by atoms with Crippen LogP contribution in [0.15, 0.2) is 57.9 Å². The van der Waals surface area contributed by atoms with Gasteiger partial charge in [-0.05, 0) is 36.8 Å². The van der Waals surface area contributed by atoms with Gasteiger partial charge in [0.1, 0.15) is 5.75 Å². The van der Waals surface area contributed by atoms with Gasteiger partial charge in [0.2, 0.25) is 15.9 Å². The second-order valence-electron chi connectivity index (χ2n) is 5.54. The van der Waals surface area contributed by atoms with Gasteiger partial charge in [0, 0.05) is 11.0 Å². The summed E-state index contributed by atoms with van der Waals surface area (Å²) in [5, 5.41) is 2.71. The number of nitrogens with zero attached hydrogens (tertiary/aromatic N) is 1. The van der Waals surface area contributed by atoms with Crippen LogP contribution in [-0.4, -0.2) is 38.8 Å². The molecule has 0 saturated heterocycles. The maximum absolute atomic E-state index is 12.9. The highest BCUT2D eigenvalue weighted by molar-refractivity contribution is 9.10. The average Bonchev–Trinajstić information content (AvgIpc) is 2.61. The van der Waals surface area contributed by atoms with Crippen LogP contribution in [0.3, 0.4) is 0 Å². The molecule has 0 bridgehead atoms. The monoisotopic (exact) mass is 440 g/mol. The molecule has 0 aromatic heterocycles. The van der Waals surface area contributed by atoms with Gasteiger partial charge in [-0.1, -0.05) is 41.1 Å². The first-order valence-electron chi connectivity index (χ1n) is 8.07. The molecule has 26 heavy (non-hydrogen) atoms. The lowest BCUT2D eigenvalue weighted by atomic mass is 10.3. The Morgan fingerprint density at radius 1 is 1.19 bits per heavy atom. The van der Waals surface area contributed by atoms with E-state index in [1.54, 1.807) is 36.4 Å². The van der Waals surface area contributed by atoms with E-state index in [1.165, 1.54) is 23.5 Å². The maximum Gasteiger partial charge on any atom is 0.243 e. The second kappa shape index (κ2) is 9.16. The molecular weight excluding hydrogens is 420 g/mol. The lowest BCUT2D eigenvalue weighted by Crippen LogP contribution is -2.38. The number of para-hydroxylation sites is 2. The molecule has 2 aromatic rings. The number of carbonyl (C=O) groups is 1. The first-order valence-corrected chi connectivity index (χ1v) is 10.3. The molecule has 0 aliphatic carbocycles. The van der Waals surface area contributed by atoms with Crippen molar-refractivity contribution in [2.24, 2.45) is 0 Å². The predicted octanol–water partition coefficient (Wildman–Crippen LogP) is 3.50. The van der Waals surface area contributed by atoms with E-state index >= 15 is 0 Å². The van der Waals surface area contributed by atoms with Crippen molar-refractivity contribution in [3.8, 4) is 5.75 Å². The zero-order valence-electron chi connectivity index (χ0n) is 14.6. The molecule has 8 heteroatoms. The lowest BCUT2D eigenvalue weighted by Gasteiger charge is -2.21. The molecule has 0 fully saturated rings. The summed E-state index contributed by atoms with van der Waals surface area (Å²) in [7, 11) is -2.27. The van der Waals surface area contributed by atoms with Crippen LogP contribution < -0.4 is 10.1 Å². The van der Waals surface area contributed by atoms with Gasteiger partial charge < -0.3 is 10.1 Å².